The second-order valence-corrected chi connectivity index (χ2v) is 9.35. The van der Waals surface area contributed by atoms with Crippen LogP contribution in [-0.4, -0.2) is 22.2 Å². The van der Waals surface area contributed by atoms with Crippen LogP contribution in [0.1, 0.15) is 51.0 Å². The Balaban J connectivity index is 1.46. The van der Waals surface area contributed by atoms with Gasteiger partial charge in [-0.2, -0.15) is 0 Å². The Labute approximate surface area is 181 Å². The van der Waals surface area contributed by atoms with E-state index in [0.717, 1.165) is 21.6 Å². The fourth-order valence-electron chi connectivity index (χ4n) is 4.37. The summed E-state index contributed by atoms with van der Waals surface area (Å²) in [5, 5.41) is 15.2. The minimum absolute atomic E-state index is 0.438. The molecule has 1 aliphatic rings. The van der Waals surface area contributed by atoms with Gasteiger partial charge in [-0.1, -0.05) is 50.3 Å². The average molecular weight is 424 g/mol. The number of carbonyl (C=O) groups is 1. The van der Waals surface area contributed by atoms with E-state index < -0.39 is 6.09 Å². The van der Waals surface area contributed by atoms with Crippen LogP contribution in [0.3, 0.4) is 0 Å². The van der Waals surface area contributed by atoms with Crippen LogP contribution >= 0.6 is 11.3 Å². The lowest BCUT2D eigenvalue weighted by Gasteiger charge is -2.25. The van der Waals surface area contributed by atoms with Gasteiger partial charge >= 0.3 is 6.09 Å². The zero-order chi connectivity index (χ0) is 20.9. The Morgan fingerprint density at radius 2 is 2.03 bits per heavy atom. The summed E-state index contributed by atoms with van der Waals surface area (Å²) in [7, 11) is 0. The van der Waals surface area contributed by atoms with Gasteiger partial charge in [0, 0.05) is 23.5 Å². The number of nitrogens with zero attached hydrogens (tertiary/aromatic N) is 2. The quantitative estimate of drug-likeness (QED) is 0.451. The van der Waals surface area contributed by atoms with E-state index in [1.807, 2.05) is 42.5 Å². The topological polar surface area (TPSA) is 65.5 Å². The number of hydrogen-bond donors (Lipinski definition) is 2. The van der Waals surface area contributed by atoms with Crippen molar-refractivity contribution in [1.82, 2.24) is 10.3 Å². The van der Waals surface area contributed by atoms with Gasteiger partial charge in [-0.25, -0.2) is 14.7 Å². The number of hydrogen-bond acceptors (Lipinski definition) is 4. The minimum Gasteiger partial charge on any atom is -0.464 e. The predicted octanol–water partition coefficient (Wildman–Crippen LogP) is 6.56. The van der Waals surface area contributed by atoms with Crippen LogP contribution < -0.4 is 10.2 Å². The SMILES string of the molecule is CC(CC1CCCCC1)NCc1ccnc(N(C(=O)O)c2cc3ccccc3s2)c1. The van der Waals surface area contributed by atoms with Crippen molar-refractivity contribution >= 4 is 38.3 Å². The summed E-state index contributed by atoms with van der Waals surface area (Å²) < 4.78 is 1.06. The molecule has 0 saturated heterocycles. The number of amides is 1. The van der Waals surface area contributed by atoms with Crippen molar-refractivity contribution < 1.29 is 9.90 Å². The van der Waals surface area contributed by atoms with E-state index >= 15 is 0 Å². The molecule has 2 aromatic heterocycles. The Bertz CT molecular complexity index is 964. The molecule has 1 aromatic carbocycles. The third kappa shape index (κ3) is 4.99. The molecule has 3 aromatic rings. The lowest BCUT2D eigenvalue weighted by Crippen LogP contribution is -2.29. The first-order valence-corrected chi connectivity index (χ1v) is 11.6. The minimum atomic E-state index is -1.02. The highest BCUT2D eigenvalue weighted by atomic mass is 32.1. The van der Waals surface area contributed by atoms with Gasteiger partial charge in [-0.05, 0) is 54.5 Å². The fourth-order valence-corrected chi connectivity index (χ4v) is 5.44. The number of carboxylic acid groups (broad SMARTS) is 1. The van der Waals surface area contributed by atoms with Gasteiger partial charge in [0.2, 0.25) is 0 Å². The fraction of sp³-hybridized carbons (Fsp3) is 0.417. The summed E-state index contributed by atoms with van der Waals surface area (Å²) in [6.45, 7) is 2.96. The molecule has 1 atom stereocenters. The van der Waals surface area contributed by atoms with Gasteiger partial charge in [-0.3, -0.25) is 0 Å². The molecule has 1 saturated carbocycles. The van der Waals surface area contributed by atoms with Gasteiger partial charge < -0.3 is 10.4 Å². The van der Waals surface area contributed by atoms with Crippen LogP contribution in [0.4, 0.5) is 15.6 Å². The van der Waals surface area contributed by atoms with Crippen molar-refractivity contribution in [3.63, 3.8) is 0 Å². The maximum atomic E-state index is 12.1. The van der Waals surface area contributed by atoms with Gasteiger partial charge in [0.1, 0.15) is 10.8 Å². The number of nitrogens with one attached hydrogen (secondary N) is 1. The monoisotopic (exact) mass is 423 g/mol. The molecule has 4 rings (SSSR count). The normalized spacial score (nSPS) is 15.9. The van der Waals surface area contributed by atoms with Crippen molar-refractivity contribution in [2.24, 2.45) is 5.92 Å². The number of benzene rings is 1. The van der Waals surface area contributed by atoms with Gasteiger partial charge in [0.15, 0.2) is 0 Å². The maximum Gasteiger partial charge on any atom is 0.418 e. The molecular weight excluding hydrogens is 394 g/mol. The molecule has 0 spiro atoms. The second kappa shape index (κ2) is 9.58. The van der Waals surface area contributed by atoms with Crippen molar-refractivity contribution in [2.75, 3.05) is 4.90 Å². The summed E-state index contributed by atoms with van der Waals surface area (Å²) in [6, 6.07) is 14.1. The molecule has 2 N–H and O–H groups in total. The van der Waals surface area contributed by atoms with Crippen LogP contribution in [0.15, 0.2) is 48.7 Å². The van der Waals surface area contributed by atoms with Gasteiger partial charge in [0.25, 0.3) is 0 Å². The Hall–Kier alpha value is -2.44. The van der Waals surface area contributed by atoms with E-state index in [0.29, 0.717) is 23.4 Å². The summed E-state index contributed by atoms with van der Waals surface area (Å²) in [4.78, 5) is 17.7. The third-order valence-electron chi connectivity index (χ3n) is 5.93. The lowest BCUT2D eigenvalue weighted by atomic mass is 9.85. The van der Waals surface area contributed by atoms with E-state index in [-0.39, 0.29) is 0 Å². The number of aromatic nitrogens is 1. The van der Waals surface area contributed by atoms with Gasteiger partial charge in [-0.15, -0.1) is 11.3 Å². The van der Waals surface area contributed by atoms with Crippen LogP contribution in [0, 0.1) is 5.92 Å². The van der Waals surface area contributed by atoms with Crippen LogP contribution in [0.2, 0.25) is 0 Å². The lowest BCUT2D eigenvalue weighted by molar-refractivity contribution is 0.204. The molecule has 30 heavy (non-hydrogen) atoms. The number of fused-ring (bicyclic) bond motifs is 1. The Morgan fingerprint density at radius 1 is 1.23 bits per heavy atom. The molecule has 1 unspecified atom stereocenters. The molecule has 0 radical (unpaired) electrons. The van der Waals surface area contributed by atoms with E-state index in [4.69, 9.17) is 0 Å². The first kappa shape index (κ1) is 20.8. The summed E-state index contributed by atoms with van der Waals surface area (Å²) >= 11 is 1.46. The molecular formula is C24H29N3O2S. The molecule has 0 aliphatic heterocycles. The highest BCUT2D eigenvalue weighted by Crippen LogP contribution is 2.36. The molecule has 1 amide bonds. The zero-order valence-electron chi connectivity index (χ0n) is 17.4. The largest absolute Gasteiger partial charge is 0.464 e. The molecule has 158 valence electrons. The van der Waals surface area contributed by atoms with E-state index in [1.54, 1.807) is 6.20 Å². The smallest absolute Gasteiger partial charge is 0.418 e. The van der Waals surface area contributed by atoms with Crippen molar-refractivity contribution in [1.29, 1.82) is 0 Å². The van der Waals surface area contributed by atoms with Crippen LogP contribution in [-0.2, 0) is 6.54 Å². The zero-order valence-corrected chi connectivity index (χ0v) is 18.2. The van der Waals surface area contributed by atoms with Crippen molar-refractivity contribution in [3.8, 4) is 0 Å². The van der Waals surface area contributed by atoms with E-state index in [9.17, 15) is 9.90 Å². The van der Waals surface area contributed by atoms with Crippen molar-refractivity contribution in [2.45, 2.75) is 58.0 Å². The first-order valence-electron chi connectivity index (χ1n) is 10.8. The molecule has 6 heteroatoms. The first-order chi connectivity index (χ1) is 14.6. The molecule has 1 fully saturated rings. The predicted molar refractivity (Wildman–Crippen MR) is 124 cm³/mol. The summed E-state index contributed by atoms with van der Waals surface area (Å²) in [5.41, 5.74) is 1.04. The molecule has 5 nitrogen and oxygen atoms in total. The highest BCUT2D eigenvalue weighted by molar-refractivity contribution is 7.23. The van der Waals surface area contributed by atoms with Crippen LogP contribution in [0.25, 0.3) is 10.1 Å². The Morgan fingerprint density at radius 3 is 2.80 bits per heavy atom. The molecule has 0 bridgehead atoms. The summed E-state index contributed by atoms with van der Waals surface area (Å²) in [6.07, 6.45) is 8.72. The van der Waals surface area contributed by atoms with Crippen molar-refractivity contribution in [3.05, 3.63) is 54.2 Å². The second-order valence-electron chi connectivity index (χ2n) is 8.28. The third-order valence-corrected chi connectivity index (χ3v) is 7.03. The van der Waals surface area contributed by atoms with Crippen LogP contribution in [0.5, 0.6) is 0 Å². The summed E-state index contributed by atoms with van der Waals surface area (Å²) in [5.74, 6) is 1.28. The van der Waals surface area contributed by atoms with E-state index in [2.05, 4.69) is 17.2 Å². The maximum absolute atomic E-state index is 12.1. The standard InChI is InChI=1S/C24H29N3O2S/c1-17(13-18-7-3-2-4-8-18)26-16-19-11-12-25-22(14-19)27(24(28)29)23-15-20-9-5-6-10-21(20)30-23/h5-6,9-12,14-15,17-18,26H,2-4,7-8,13,16H2,1H3,(H,28,29). The van der Waals surface area contributed by atoms with E-state index in [1.165, 1.54) is 54.8 Å². The molecule has 1 aliphatic carbocycles. The Kier molecular flexibility index (Phi) is 6.65. The average Bonchev–Trinajstić information content (AvgIpc) is 3.16. The molecule has 2 heterocycles. The number of rotatable bonds is 7. The number of anilines is 2. The van der Waals surface area contributed by atoms with Gasteiger partial charge in [0.05, 0.1) is 0 Å². The number of pyridine rings is 1. The highest BCUT2D eigenvalue weighted by Gasteiger charge is 2.21. The number of thiophene rings is 1.